The maximum Gasteiger partial charge on any atom is 0.287 e. The molecule has 0 radical (unpaired) electrons. The number of nitro groups is 1. The second-order valence-corrected chi connectivity index (χ2v) is 5.25. The number of nitrogens with zero attached hydrogens (tertiary/aromatic N) is 2. The van der Waals surface area contributed by atoms with Crippen molar-refractivity contribution >= 4 is 5.69 Å². The van der Waals surface area contributed by atoms with Crippen molar-refractivity contribution in [1.82, 2.24) is 4.98 Å². The number of hydrogen-bond acceptors (Lipinski definition) is 5. The van der Waals surface area contributed by atoms with E-state index in [1.54, 1.807) is 24.3 Å². The average molecular weight is 358 g/mol. The topological polar surface area (TPSA) is 74.5 Å². The highest BCUT2D eigenvalue weighted by atomic mass is 19.1. The summed E-state index contributed by atoms with van der Waals surface area (Å²) in [5.74, 6) is -0.181. The number of hydrogen-bond donors (Lipinski definition) is 0. The van der Waals surface area contributed by atoms with E-state index in [0.29, 0.717) is 17.1 Å². The highest BCUT2D eigenvalue weighted by Gasteiger charge is 2.07. The van der Waals surface area contributed by atoms with Gasteiger partial charge in [-0.1, -0.05) is 0 Å². The van der Waals surface area contributed by atoms with Crippen LogP contribution >= 0.6 is 0 Å². The quantitative estimate of drug-likeness (QED) is 0.474. The molecule has 0 amide bonds. The molecule has 0 N–H and O–H groups in total. The number of benzene rings is 2. The highest BCUT2D eigenvalue weighted by Crippen LogP contribution is 2.24. The Kier molecular flexibility index (Phi) is 5.02. The third kappa shape index (κ3) is 4.50. The van der Waals surface area contributed by atoms with Crippen molar-refractivity contribution in [2.24, 2.45) is 0 Å². The number of halogens is 2. The lowest BCUT2D eigenvalue weighted by molar-refractivity contribution is -0.385. The SMILES string of the molecule is O=[N+]([O-])c1ccc(Oc2ccc(OCc3cc(F)cc(F)c3)cc2)nc1. The lowest BCUT2D eigenvalue weighted by Crippen LogP contribution is -1.97. The molecule has 1 heterocycles. The van der Waals surface area contributed by atoms with E-state index in [1.807, 2.05) is 0 Å². The Morgan fingerprint density at radius 2 is 1.62 bits per heavy atom. The summed E-state index contributed by atoms with van der Waals surface area (Å²) in [6, 6.07) is 12.3. The summed E-state index contributed by atoms with van der Waals surface area (Å²) in [7, 11) is 0. The Bertz CT molecular complexity index is 895. The number of aromatic nitrogens is 1. The molecule has 3 aromatic rings. The van der Waals surface area contributed by atoms with E-state index in [9.17, 15) is 18.9 Å². The zero-order valence-electron chi connectivity index (χ0n) is 13.3. The van der Waals surface area contributed by atoms with E-state index < -0.39 is 16.6 Å². The number of rotatable bonds is 6. The molecule has 3 rings (SSSR count). The Hall–Kier alpha value is -3.55. The van der Waals surface area contributed by atoms with E-state index in [1.165, 1.54) is 24.3 Å². The summed E-state index contributed by atoms with van der Waals surface area (Å²) >= 11 is 0. The van der Waals surface area contributed by atoms with Crippen molar-refractivity contribution in [3.8, 4) is 17.4 Å². The first kappa shape index (κ1) is 17.3. The smallest absolute Gasteiger partial charge is 0.287 e. The van der Waals surface area contributed by atoms with Gasteiger partial charge in [0.1, 0.15) is 35.9 Å². The van der Waals surface area contributed by atoms with Gasteiger partial charge in [0.2, 0.25) is 5.88 Å². The molecule has 6 nitrogen and oxygen atoms in total. The summed E-state index contributed by atoms with van der Waals surface area (Å²) in [6.07, 6.45) is 1.10. The zero-order valence-corrected chi connectivity index (χ0v) is 13.3. The number of ether oxygens (including phenoxy) is 2. The van der Waals surface area contributed by atoms with Crippen LogP contribution in [-0.4, -0.2) is 9.91 Å². The molecule has 2 aromatic carbocycles. The van der Waals surface area contributed by atoms with Gasteiger partial charge in [0.15, 0.2) is 0 Å². The van der Waals surface area contributed by atoms with Crippen LogP contribution in [0, 0.1) is 21.7 Å². The summed E-state index contributed by atoms with van der Waals surface area (Å²) in [5, 5.41) is 10.6. The predicted octanol–water partition coefficient (Wildman–Crippen LogP) is 4.64. The van der Waals surface area contributed by atoms with E-state index in [0.717, 1.165) is 12.3 Å². The first-order valence-corrected chi connectivity index (χ1v) is 7.46. The molecule has 0 aliphatic carbocycles. The Labute approximate surface area is 146 Å². The van der Waals surface area contributed by atoms with Crippen molar-refractivity contribution in [2.75, 3.05) is 0 Å². The van der Waals surface area contributed by atoms with Gasteiger partial charge in [-0.3, -0.25) is 10.1 Å². The molecule has 26 heavy (non-hydrogen) atoms. The van der Waals surface area contributed by atoms with E-state index in [-0.39, 0.29) is 18.2 Å². The zero-order chi connectivity index (χ0) is 18.5. The van der Waals surface area contributed by atoms with E-state index in [2.05, 4.69) is 4.98 Å². The first-order chi connectivity index (χ1) is 12.5. The van der Waals surface area contributed by atoms with Crippen molar-refractivity contribution in [3.05, 3.63) is 88.1 Å². The molecule has 0 saturated heterocycles. The minimum absolute atomic E-state index is 0.0127. The minimum Gasteiger partial charge on any atom is -0.489 e. The van der Waals surface area contributed by atoms with Gasteiger partial charge in [-0.05, 0) is 42.0 Å². The van der Waals surface area contributed by atoms with Crippen LogP contribution in [0.15, 0.2) is 60.8 Å². The molecule has 0 atom stereocenters. The minimum atomic E-state index is -0.664. The summed E-state index contributed by atoms with van der Waals surface area (Å²) < 4.78 is 37.2. The summed E-state index contributed by atoms with van der Waals surface area (Å²) in [5.41, 5.74) is 0.243. The largest absolute Gasteiger partial charge is 0.489 e. The van der Waals surface area contributed by atoms with E-state index >= 15 is 0 Å². The van der Waals surface area contributed by atoms with Crippen LogP contribution < -0.4 is 9.47 Å². The standard InChI is InChI=1S/C18H12F2N2O4/c19-13-7-12(8-14(20)9-13)11-25-16-2-4-17(5-3-16)26-18-6-1-15(10-21-18)22(23)24/h1-10H,11H2. The van der Waals surface area contributed by atoms with Crippen LogP contribution in [0.2, 0.25) is 0 Å². The number of pyridine rings is 1. The predicted molar refractivity (Wildman–Crippen MR) is 88.1 cm³/mol. The molecule has 0 aliphatic rings. The fourth-order valence-corrected chi connectivity index (χ4v) is 2.13. The Balaban J connectivity index is 1.60. The van der Waals surface area contributed by atoms with Crippen molar-refractivity contribution in [3.63, 3.8) is 0 Å². The van der Waals surface area contributed by atoms with Crippen LogP contribution in [0.1, 0.15) is 5.56 Å². The van der Waals surface area contributed by atoms with Gasteiger partial charge in [-0.25, -0.2) is 13.8 Å². The fraction of sp³-hybridized carbons (Fsp3) is 0.0556. The van der Waals surface area contributed by atoms with Crippen LogP contribution in [0.3, 0.4) is 0 Å². The lowest BCUT2D eigenvalue weighted by atomic mass is 10.2. The highest BCUT2D eigenvalue weighted by molar-refractivity contribution is 5.35. The van der Waals surface area contributed by atoms with Crippen LogP contribution in [0.5, 0.6) is 17.4 Å². The Morgan fingerprint density at radius 3 is 2.19 bits per heavy atom. The van der Waals surface area contributed by atoms with Crippen molar-refractivity contribution in [1.29, 1.82) is 0 Å². The van der Waals surface area contributed by atoms with Gasteiger partial charge in [0, 0.05) is 18.2 Å². The van der Waals surface area contributed by atoms with Gasteiger partial charge in [-0.15, -0.1) is 0 Å². The third-order valence-electron chi connectivity index (χ3n) is 3.31. The second-order valence-electron chi connectivity index (χ2n) is 5.25. The molecule has 0 fully saturated rings. The van der Waals surface area contributed by atoms with Gasteiger partial charge in [0.25, 0.3) is 5.69 Å². The molecule has 0 bridgehead atoms. The Morgan fingerprint density at radius 1 is 0.962 bits per heavy atom. The molecule has 132 valence electrons. The summed E-state index contributed by atoms with van der Waals surface area (Å²) in [6.45, 7) is 0.0127. The van der Waals surface area contributed by atoms with Gasteiger partial charge >= 0.3 is 0 Å². The van der Waals surface area contributed by atoms with Crippen molar-refractivity contribution in [2.45, 2.75) is 6.61 Å². The van der Waals surface area contributed by atoms with E-state index in [4.69, 9.17) is 9.47 Å². The maximum atomic E-state index is 13.1. The molecule has 0 unspecified atom stereocenters. The molecule has 0 aliphatic heterocycles. The van der Waals surface area contributed by atoms with Crippen LogP contribution in [0.25, 0.3) is 0 Å². The summed E-state index contributed by atoms with van der Waals surface area (Å²) in [4.78, 5) is 13.9. The molecule has 1 aromatic heterocycles. The molecule has 0 saturated carbocycles. The lowest BCUT2D eigenvalue weighted by Gasteiger charge is -2.08. The monoisotopic (exact) mass is 358 g/mol. The first-order valence-electron chi connectivity index (χ1n) is 7.46. The van der Waals surface area contributed by atoms with Crippen LogP contribution in [0.4, 0.5) is 14.5 Å². The molecular formula is C18H12F2N2O4. The molecular weight excluding hydrogens is 346 g/mol. The van der Waals surface area contributed by atoms with Crippen molar-refractivity contribution < 1.29 is 23.2 Å². The normalized spacial score (nSPS) is 10.4. The maximum absolute atomic E-state index is 13.1. The molecule has 0 spiro atoms. The van der Waals surface area contributed by atoms with Gasteiger partial charge in [-0.2, -0.15) is 0 Å². The van der Waals surface area contributed by atoms with Gasteiger partial charge < -0.3 is 9.47 Å². The van der Waals surface area contributed by atoms with Crippen LogP contribution in [-0.2, 0) is 6.61 Å². The third-order valence-corrected chi connectivity index (χ3v) is 3.31. The molecule has 8 heteroatoms. The van der Waals surface area contributed by atoms with Gasteiger partial charge in [0.05, 0.1) is 4.92 Å². The average Bonchev–Trinajstić information content (AvgIpc) is 2.61. The second kappa shape index (κ2) is 7.56. The fourth-order valence-electron chi connectivity index (χ4n) is 2.13.